The summed E-state index contributed by atoms with van der Waals surface area (Å²) in [5.74, 6) is 3.21. The standard InChI is InChI=1S/C14H21N5S/c1-3-20-10-9-12(2)15-11-14-16-17-18-19(14)13-7-5-4-6-8-13/h4-8,12,15H,3,9-11H2,1-2H3. The van der Waals surface area contributed by atoms with Gasteiger partial charge in [-0.25, -0.2) is 0 Å². The monoisotopic (exact) mass is 291 g/mol. The highest BCUT2D eigenvalue weighted by atomic mass is 32.2. The smallest absolute Gasteiger partial charge is 0.170 e. The first-order valence-electron chi connectivity index (χ1n) is 6.95. The number of hydrogen-bond acceptors (Lipinski definition) is 5. The number of rotatable bonds is 8. The second-order valence-electron chi connectivity index (χ2n) is 4.61. The molecular weight excluding hydrogens is 270 g/mol. The molecule has 0 radical (unpaired) electrons. The summed E-state index contributed by atoms with van der Waals surface area (Å²) in [4.78, 5) is 0. The molecule has 2 aromatic rings. The summed E-state index contributed by atoms with van der Waals surface area (Å²) in [7, 11) is 0. The fourth-order valence-electron chi connectivity index (χ4n) is 1.86. The van der Waals surface area contributed by atoms with Crippen molar-refractivity contribution in [1.29, 1.82) is 0 Å². The highest BCUT2D eigenvalue weighted by Gasteiger charge is 2.09. The topological polar surface area (TPSA) is 55.6 Å². The summed E-state index contributed by atoms with van der Waals surface area (Å²) in [6.07, 6.45) is 1.16. The molecule has 20 heavy (non-hydrogen) atoms. The van der Waals surface area contributed by atoms with Crippen LogP contribution in [0.2, 0.25) is 0 Å². The molecule has 1 atom stereocenters. The lowest BCUT2D eigenvalue weighted by Gasteiger charge is -2.13. The summed E-state index contributed by atoms with van der Waals surface area (Å²) < 4.78 is 1.78. The highest BCUT2D eigenvalue weighted by Crippen LogP contribution is 2.08. The Morgan fingerprint density at radius 1 is 1.30 bits per heavy atom. The molecule has 5 nitrogen and oxygen atoms in total. The summed E-state index contributed by atoms with van der Waals surface area (Å²) in [5.41, 5.74) is 0.989. The average Bonchev–Trinajstić information content (AvgIpc) is 2.95. The van der Waals surface area contributed by atoms with Crippen molar-refractivity contribution in [3.05, 3.63) is 36.2 Å². The van der Waals surface area contributed by atoms with Crippen LogP contribution in [0, 0.1) is 0 Å². The molecular formula is C14H21N5S. The van der Waals surface area contributed by atoms with Crippen molar-refractivity contribution in [3.8, 4) is 5.69 Å². The third-order valence-electron chi connectivity index (χ3n) is 3.04. The van der Waals surface area contributed by atoms with Gasteiger partial charge in [-0.15, -0.1) is 5.10 Å². The normalized spacial score (nSPS) is 12.5. The molecule has 1 aromatic heterocycles. The number of benzene rings is 1. The maximum absolute atomic E-state index is 4.10. The van der Waals surface area contributed by atoms with Gasteiger partial charge in [-0.2, -0.15) is 16.4 Å². The van der Waals surface area contributed by atoms with Crippen LogP contribution in [0.3, 0.4) is 0 Å². The minimum Gasteiger partial charge on any atom is -0.307 e. The van der Waals surface area contributed by atoms with Crippen molar-refractivity contribution in [1.82, 2.24) is 25.5 Å². The van der Waals surface area contributed by atoms with E-state index in [0.29, 0.717) is 12.6 Å². The van der Waals surface area contributed by atoms with E-state index in [-0.39, 0.29) is 0 Å². The van der Waals surface area contributed by atoms with E-state index in [9.17, 15) is 0 Å². The SMILES string of the molecule is CCSCCC(C)NCc1nnnn1-c1ccccc1. The van der Waals surface area contributed by atoms with Crippen LogP contribution in [0.15, 0.2) is 30.3 Å². The van der Waals surface area contributed by atoms with Gasteiger partial charge in [0.15, 0.2) is 5.82 Å². The summed E-state index contributed by atoms with van der Waals surface area (Å²) in [6, 6.07) is 10.4. The number of nitrogens with zero attached hydrogens (tertiary/aromatic N) is 4. The molecule has 108 valence electrons. The lowest BCUT2D eigenvalue weighted by molar-refractivity contribution is 0.520. The lowest BCUT2D eigenvalue weighted by Crippen LogP contribution is -2.27. The van der Waals surface area contributed by atoms with Crippen LogP contribution in [-0.2, 0) is 6.54 Å². The number of tetrazole rings is 1. The highest BCUT2D eigenvalue weighted by molar-refractivity contribution is 7.99. The summed E-state index contributed by atoms with van der Waals surface area (Å²) in [6.45, 7) is 5.07. The number of thioether (sulfide) groups is 1. The van der Waals surface area contributed by atoms with Crippen molar-refractivity contribution >= 4 is 11.8 Å². The van der Waals surface area contributed by atoms with Crippen LogP contribution in [0.1, 0.15) is 26.1 Å². The molecule has 1 unspecified atom stereocenters. The van der Waals surface area contributed by atoms with Crippen molar-refractivity contribution in [3.63, 3.8) is 0 Å². The van der Waals surface area contributed by atoms with E-state index < -0.39 is 0 Å². The van der Waals surface area contributed by atoms with Crippen molar-refractivity contribution in [2.24, 2.45) is 0 Å². The van der Waals surface area contributed by atoms with Gasteiger partial charge >= 0.3 is 0 Å². The maximum Gasteiger partial charge on any atom is 0.170 e. The predicted octanol–water partition coefficient (Wildman–Crippen LogP) is 2.28. The van der Waals surface area contributed by atoms with Gasteiger partial charge in [-0.05, 0) is 47.4 Å². The molecule has 0 saturated carbocycles. The minimum absolute atomic E-state index is 0.468. The van der Waals surface area contributed by atoms with Gasteiger partial charge in [0.05, 0.1) is 12.2 Å². The van der Waals surface area contributed by atoms with Crippen LogP contribution >= 0.6 is 11.8 Å². The average molecular weight is 291 g/mol. The van der Waals surface area contributed by atoms with E-state index in [0.717, 1.165) is 17.9 Å². The van der Waals surface area contributed by atoms with E-state index in [1.807, 2.05) is 42.1 Å². The molecule has 0 aliphatic heterocycles. The van der Waals surface area contributed by atoms with Crippen molar-refractivity contribution in [2.45, 2.75) is 32.9 Å². The van der Waals surface area contributed by atoms with E-state index in [1.165, 1.54) is 11.5 Å². The third-order valence-corrected chi connectivity index (χ3v) is 3.98. The molecule has 0 fully saturated rings. The van der Waals surface area contributed by atoms with Crippen molar-refractivity contribution < 1.29 is 0 Å². The van der Waals surface area contributed by atoms with Crippen LogP contribution in [0.5, 0.6) is 0 Å². The number of nitrogens with one attached hydrogen (secondary N) is 1. The molecule has 6 heteroatoms. The molecule has 2 rings (SSSR count). The molecule has 0 spiro atoms. The van der Waals surface area contributed by atoms with Gasteiger partial charge in [0.2, 0.25) is 0 Å². The molecule has 1 aromatic carbocycles. The van der Waals surface area contributed by atoms with E-state index >= 15 is 0 Å². The molecule has 0 amide bonds. The molecule has 0 bridgehead atoms. The fraction of sp³-hybridized carbons (Fsp3) is 0.500. The zero-order valence-corrected chi connectivity index (χ0v) is 12.8. The Labute approximate surface area is 124 Å². The molecule has 1 heterocycles. The first kappa shape index (κ1) is 15.0. The van der Waals surface area contributed by atoms with Gasteiger partial charge in [0, 0.05) is 6.04 Å². The Kier molecular flexibility index (Phi) is 6.01. The minimum atomic E-state index is 0.468. The fourth-order valence-corrected chi connectivity index (χ4v) is 2.67. The zero-order valence-electron chi connectivity index (χ0n) is 12.0. The Hall–Kier alpha value is -1.40. The van der Waals surface area contributed by atoms with Gasteiger partial charge in [-0.3, -0.25) is 0 Å². The van der Waals surface area contributed by atoms with Gasteiger partial charge < -0.3 is 5.32 Å². The first-order valence-corrected chi connectivity index (χ1v) is 8.10. The van der Waals surface area contributed by atoms with Crippen LogP contribution < -0.4 is 5.32 Å². The third kappa shape index (κ3) is 4.31. The molecule has 0 saturated heterocycles. The molecule has 0 aliphatic carbocycles. The quantitative estimate of drug-likeness (QED) is 0.756. The van der Waals surface area contributed by atoms with E-state index in [2.05, 4.69) is 34.7 Å². The van der Waals surface area contributed by atoms with E-state index in [4.69, 9.17) is 0 Å². The largest absolute Gasteiger partial charge is 0.307 e. The Morgan fingerprint density at radius 2 is 2.10 bits per heavy atom. The van der Waals surface area contributed by atoms with Crippen LogP contribution in [0.4, 0.5) is 0 Å². The van der Waals surface area contributed by atoms with E-state index in [1.54, 1.807) is 4.68 Å². The Morgan fingerprint density at radius 3 is 2.85 bits per heavy atom. The predicted molar refractivity (Wildman–Crippen MR) is 83.1 cm³/mol. The van der Waals surface area contributed by atoms with Crippen LogP contribution in [-0.4, -0.2) is 37.8 Å². The second-order valence-corrected chi connectivity index (χ2v) is 6.00. The zero-order chi connectivity index (χ0) is 14.2. The summed E-state index contributed by atoms with van der Waals surface area (Å²) >= 11 is 1.97. The Bertz CT molecular complexity index is 499. The van der Waals surface area contributed by atoms with Gasteiger partial charge in [0.1, 0.15) is 0 Å². The van der Waals surface area contributed by atoms with Crippen LogP contribution in [0.25, 0.3) is 5.69 Å². The lowest BCUT2D eigenvalue weighted by atomic mass is 10.2. The number of aromatic nitrogens is 4. The number of hydrogen-bond donors (Lipinski definition) is 1. The number of para-hydroxylation sites is 1. The maximum atomic E-state index is 4.10. The van der Waals surface area contributed by atoms with Gasteiger partial charge in [-0.1, -0.05) is 25.1 Å². The molecule has 0 aliphatic rings. The van der Waals surface area contributed by atoms with Crippen molar-refractivity contribution in [2.75, 3.05) is 11.5 Å². The van der Waals surface area contributed by atoms with Gasteiger partial charge in [0.25, 0.3) is 0 Å². The summed E-state index contributed by atoms with van der Waals surface area (Å²) in [5, 5.41) is 15.4. The Balaban J connectivity index is 1.90. The first-order chi connectivity index (χ1) is 9.81. The second kappa shape index (κ2) is 8.01. The molecule has 1 N–H and O–H groups in total.